The van der Waals surface area contributed by atoms with E-state index in [1.165, 1.54) is 11.9 Å². The molecule has 2 atom stereocenters. The van der Waals surface area contributed by atoms with Crippen molar-refractivity contribution >= 4 is 35.6 Å². The van der Waals surface area contributed by atoms with Gasteiger partial charge in [-0.25, -0.2) is 0 Å². The highest BCUT2D eigenvalue weighted by Crippen LogP contribution is 2.30. The lowest BCUT2D eigenvalue weighted by Crippen LogP contribution is -2.48. The Kier molecular flexibility index (Phi) is 8.59. The highest BCUT2D eigenvalue weighted by atomic mass is 32.2. The number of benzene rings is 1. The van der Waals surface area contributed by atoms with E-state index >= 15 is 0 Å². The number of aliphatic carboxylic acids is 1. The first kappa shape index (κ1) is 22.3. The van der Waals surface area contributed by atoms with Crippen molar-refractivity contribution in [1.82, 2.24) is 10.6 Å². The maximum atomic E-state index is 12.2. The monoisotopic (exact) mass is 421 g/mol. The Morgan fingerprint density at radius 2 is 1.93 bits per heavy atom. The van der Waals surface area contributed by atoms with Crippen molar-refractivity contribution in [3.63, 3.8) is 0 Å². The van der Waals surface area contributed by atoms with Crippen LogP contribution < -0.4 is 16.4 Å². The molecule has 0 saturated carbocycles. The number of carbonyl (C=O) groups excluding carboxylic acids is 3. The summed E-state index contributed by atoms with van der Waals surface area (Å²) in [4.78, 5) is 45.9. The number of hydrogen-bond donors (Lipinski definition) is 4. The summed E-state index contributed by atoms with van der Waals surface area (Å²) in [5.41, 5.74) is 6.99. The molecular weight excluding hydrogens is 398 g/mol. The maximum Gasteiger partial charge on any atom is 0.303 e. The van der Waals surface area contributed by atoms with Crippen LogP contribution in [0.1, 0.15) is 36.4 Å². The van der Waals surface area contributed by atoms with Gasteiger partial charge in [-0.2, -0.15) is 5.11 Å². The lowest BCUT2D eigenvalue weighted by Gasteiger charge is -2.17. The van der Waals surface area contributed by atoms with E-state index in [9.17, 15) is 19.2 Å². The number of nitrogens with zero attached hydrogens (tertiary/aromatic N) is 2. The summed E-state index contributed by atoms with van der Waals surface area (Å²) in [6, 6.07) is 6.76. The van der Waals surface area contributed by atoms with E-state index in [1.807, 2.05) is 24.3 Å². The number of carboxylic acids is 1. The number of aryl methyl sites for hydroxylation is 1. The highest BCUT2D eigenvalue weighted by Gasteiger charge is 2.22. The predicted molar refractivity (Wildman–Crippen MR) is 106 cm³/mol. The largest absolute Gasteiger partial charge is 0.481 e. The van der Waals surface area contributed by atoms with Crippen molar-refractivity contribution in [2.75, 3.05) is 12.3 Å². The number of amides is 3. The van der Waals surface area contributed by atoms with E-state index in [4.69, 9.17) is 10.8 Å². The lowest BCUT2D eigenvalue weighted by atomic mass is 10.0. The number of nitrogens with one attached hydrogen (secondary N) is 2. The predicted octanol–water partition coefficient (Wildman–Crippen LogP) is 0.725. The van der Waals surface area contributed by atoms with Gasteiger partial charge < -0.3 is 21.5 Å². The van der Waals surface area contributed by atoms with E-state index in [2.05, 4.69) is 20.3 Å². The van der Waals surface area contributed by atoms with Gasteiger partial charge in [0.05, 0.1) is 6.54 Å². The fourth-order valence-electron chi connectivity index (χ4n) is 2.66. The summed E-state index contributed by atoms with van der Waals surface area (Å²) in [6.45, 7) is -0.385. The molecule has 29 heavy (non-hydrogen) atoms. The molecule has 1 heterocycles. The Balaban J connectivity index is 1.85. The first-order chi connectivity index (χ1) is 13.8. The molecule has 0 spiro atoms. The van der Waals surface area contributed by atoms with Crippen molar-refractivity contribution in [3.05, 3.63) is 35.4 Å². The molecule has 10 nitrogen and oxygen atoms in total. The molecular formula is C18H23N5O5S. The molecule has 1 aliphatic rings. The molecule has 0 aromatic heterocycles. The van der Waals surface area contributed by atoms with Crippen LogP contribution >= 0.6 is 11.9 Å². The summed E-state index contributed by atoms with van der Waals surface area (Å²) in [6.07, 6.45) is 0.203. The Bertz CT molecular complexity index is 783. The van der Waals surface area contributed by atoms with Crippen LogP contribution in [0.25, 0.3) is 0 Å². The van der Waals surface area contributed by atoms with Gasteiger partial charge in [0.25, 0.3) is 0 Å². The van der Waals surface area contributed by atoms with Crippen molar-refractivity contribution in [3.8, 4) is 0 Å². The number of carboxylic acid groups (broad SMARTS) is 1. The van der Waals surface area contributed by atoms with Gasteiger partial charge in [-0.3, -0.25) is 19.2 Å². The third kappa shape index (κ3) is 7.90. The van der Waals surface area contributed by atoms with Crippen LogP contribution in [0.3, 0.4) is 0 Å². The molecule has 0 radical (unpaired) electrons. The molecule has 0 saturated heterocycles. The second-order valence-electron chi connectivity index (χ2n) is 6.49. The van der Waals surface area contributed by atoms with Gasteiger partial charge in [-0.15, -0.1) is 4.52 Å². The summed E-state index contributed by atoms with van der Waals surface area (Å²) in [5, 5.41) is 17.8. The number of hydrogen-bond acceptors (Lipinski definition) is 7. The van der Waals surface area contributed by atoms with Crippen molar-refractivity contribution in [2.24, 2.45) is 15.4 Å². The Hall–Kier alpha value is -2.95. The van der Waals surface area contributed by atoms with Crippen molar-refractivity contribution in [2.45, 2.75) is 37.8 Å². The minimum atomic E-state index is -1.09. The molecule has 1 aromatic rings. The van der Waals surface area contributed by atoms with Crippen LogP contribution in [0, 0.1) is 0 Å². The van der Waals surface area contributed by atoms with Gasteiger partial charge >= 0.3 is 5.97 Å². The normalized spacial score (nSPS) is 16.2. The standard InChI is InChI=1S/C18H23N5O5S/c19-15(24)9-20-18(28)13(6-8-17(26)27)21-16(25)7-3-11-1-4-12(5-2-11)14-10-29-23-22-14/h1-2,4-5,13-14H,3,6-10H2,(H2,19,24)(H,20,28)(H,21,25)(H,26,27). The quantitative estimate of drug-likeness (QED) is 0.385. The van der Waals surface area contributed by atoms with Gasteiger partial charge in [-0.05, 0) is 35.9 Å². The number of nitrogens with two attached hydrogens (primary N) is 1. The fraction of sp³-hybridized carbons (Fsp3) is 0.444. The molecule has 2 unspecified atom stereocenters. The second-order valence-corrected chi connectivity index (χ2v) is 7.24. The average molecular weight is 421 g/mol. The van der Waals surface area contributed by atoms with Gasteiger partial charge in [0, 0.05) is 18.6 Å². The van der Waals surface area contributed by atoms with Gasteiger partial charge in [0.2, 0.25) is 17.7 Å². The van der Waals surface area contributed by atoms with Crippen LogP contribution in [0.5, 0.6) is 0 Å². The van der Waals surface area contributed by atoms with Crippen molar-refractivity contribution in [1.29, 1.82) is 0 Å². The Labute approximate surface area is 171 Å². The van der Waals surface area contributed by atoms with E-state index in [1.54, 1.807) is 0 Å². The van der Waals surface area contributed by atoms with Crippen LogP contribution in [0.4, 0.5) is 0 Å². The van der Waals surface area contributed by atoms with Gasteiger partial charge in [0.1, 0.15) is 12.1 Å². The molecule has 3 amide bonds. The summed E-state index contributed by atoms with van der Waals surface area (Å²) in [5.74, 6) is -2.04. The SMILES string of the molecule is NC(=O)CNC(=O)C(CCC(=O)O)NC(=O)CCc1ccc(C2CSN=N2)cc1. The van der Waals surface area contributed by atoms with E-state index < -0.39 is 23.8 Å². The second kappa shape index (κ2) is 11.1. The summed E-state index contributed by atoms with van der Waals surface area (Å²) >= 11 is 1.42. The number of rotatable bonds is 11. The van der Waals surface area contributed by atoms with Crippen LogP contribution in [-0.4, -0.2) is 47.1 Å². The molecule has 0 aliphatic carbocycles. The molecule has 11 heteroatoms. The smallest absolute Gasteiger partial charge is 0.303 e. The zero-order valence-electron chi connectivity index (χ0n) is 15.7. The molecule has 1 aromatic carbocycles. The average Bonchev–Trinajstić information content (AvgIpc) is 3.22. The lowest BCUT2D eigenvalue weighted by molar-refractivity contribution is -0.138. The minimum absolute atomic E-state index is 0.0613. The molecule has 156 valence electrons. The molecule has 0 fully saturated rings. The third-order valence-corrected chi connectivity index (χ3v) is 4.89. The highest BCUT2D eigenvalue weighted by molar-refractivity contribution is 7.98. The summed E-state index contributed by atoms with van der Waals surface area (Å²) in [7, 11) is 0. The molecule has 1 aliphatic heterocycles. The van der Waals surface area contributed by atoms with Crippen LogP contribution in [0.2, 0.25) is 0 Å². The van der Waals surface area contributed by atoms with Crippen molar-refractivity contribution < 1.29 is 24.3 Å². The fourth-order valence-corrected chi connectivity index (χ4v) is 3.30. The topological polar surface area (TPSA) is 163 Å². The number of carbonyl (C=O) groups is 4. The van der Waals surface area contributed by atoms with E-state index in [0.29, 0.717) is 6.42 Å². The van der Waals surface area contributed by atoms with Crippen LogP contribution in [-0.2, 0) is 25.6 Å². The van der Waals surface area contributed by atoms with Gasteiger partial charge in [-0.1, -0.05) is 24.3 Å². The molecule has 2 rings (SSSR count). The maximum absolute atomic E-state index is 12.2. The summed E-state index contributed by atoms with van der Waals surface area (Å²) < 4.78 is 3.91. The van der Waals surface area contributed by atoms with Crippen LogP contribution in [0.15, 0.2) is 33.9 Å². The van der Waals surface area contributed by atoms with Gasteiger partial charge in [0.15, 0.2) is 0 Å². The zero-order chi connectivity index (χ0) is 21.2. The van der Waals surface area contributed by atoms with E-state index in [-0.39, 0.29) is 37.8 Å². The van der Waals surface area contributed by atoms with E-state index in [0.717, 1.165) is 16.9 Å². The third-order valence-electron chi connectivity index (χ3n) is 4.22. The first-order valence-corrected chi connectivity index (χ1v) is 9.97. The molecule has 5 N–H and O–H groups in total. The Morgan fingerprint density at radius 3 is 2.52 bits per heavy atom. The first-order valence-electron chi connectivity index (χ1n) is 9.03. The molecule has 0 bridgehead atoms. The minimum Gasteiger partial charge on any atom is -0.481 e. The number of primary amides is 1. The zero-order valence-corrected chi connectivity index (χ0v) is 16.5. The Morgan fingerprint density at radius 1 is 1.21 bits per heavy atom.